The highest BCUT2D eigenvalue weighted by atomic mass is 32.2. The van der Waals surface area contributed by atoms with E-state index in [-0.39, 0.29) is 10.8 Å². The Morgan fingerprint density at radius 2 is 1.58 bits per heavy atom. The largest absolute Gasteiger partial charge is 0.390 e. The summed E-state index contributed by atoms with van der Waals surface area (Å²) >= 11 is 0. The van der Waals surface area contributed by atoms with Gasteiger partial charge in [0.05, 0.1) is 11.9 Å². The molecule has 206 valence electrons. The van der Waals surface area contributed by atoms with Gasteiger partial charge in [-0.05, 0) is 98.9 Å². The van der Waals surface area contributed by atoms with Gasteiger partial charge in [-0.3, -0.25) is 4.79 Å². The number of fused-ring (bicyclic) bond motifs is 5. The molecule has 2 N–H and O–H groups in total. The molecule has 36 heavy (non-hydrogen) atoms. The molecule has 6 heteroatoms. The van der Waals surface area contributed by atoms with Gasteiger partial charge >= 0.3 is 0 Å². The second-order valence-corrected chi connectivity index (χ2v) is 15.3. The van der Waals surface area contributed by atoms with Crippen LogP contribution >= 0.6 is 0 Å². The normalized spacial score (nSPS) is 40.4. The summed E-state index contributed by atoms with van der Waals surface area (Å²) < 4.78 is 24.8. The number of ketones is 1. The van der Waals surface area contributed by atoms with Crippen LogP contribution in [0.25, 0.3) is 0 Å². The predicted molar refractivity (Wildman–Crippen MR) is 146 cm³/mol. The molecule has 4 aliphatic rings. The van der Waals surface area contributed by atoms with Crippen molar-refractivity contribution >= 4 is 15.8 Å². The summed E-state index contributed by atoms with van der Waals surface area (Å²) in [6, 6.07) is 0. The minimum absolute atomic E-state index is 0.0282. The number of carbonyl (C=O) groups excluding carboxylic acids is 1. The highest BCUT2D eigenvalue weighted by Gasteiger charge is 2.64. The molecule has 0 radical (unpaired) electrons. The van der Waals surface area contributed by atoms with E-state index in [0.717, 1.165) is 44.9 Å². The van der Waals surface area contributed by atoms with E-state index in [2.05, 4.69) is 25.5 Å². The number of rotatable bonds is 11. The molecule has 4 aliphatic carbocycles. The first-order chi connectivity index (χ1) is 16.9. The minimum Gasteiger partial charge on any atom is -0.390 e. The molecular weight excluding hydrogens is 470 g/mol. The average Bonchev–Trinajstić information content (AvgIpc) is 3.04. The van der Waals surface area contributed by atoms with E-state index in [1.54, 1.807) is 0 Å². The molecule has 0 bridgehead atoms. The van der Waals surface area contributed by atoms with E-state index in [1.165, 1.54) is 56.8 Å². The first kappa shape index (κ1) is 28.3. The summed E-state index contributed by atoms with van der Waals surface area (Å²) in [6.45, 7) is 7.48. The maximum atomic E-state index is 12.4. The lowest BCUT2D eigenvalue weighted by molar-refractivity contribution is -0.135. The van der Waals surface area contributed by atoms with E-state index in [0.29, 0.717) is 42.4 Å². The molecular formula is C30H51NO4S. The Hall–Kier alpha value is -0.720. The van der Waals surface area contributed by atoms with Gasteiger partial charge in [-0.25, -0.2) is 13.1 Å². The molecule has 0 aliphatic heterocycles. The van der Waals surface area contributed by atoms with Crippen molar-refractivity contribution in [2.75, 3.05) is 12.8 Å². The molecule has 0 saturated heterocycles. The molecule has 7 atom stereocenters. The van der Waals surface area contributed by atoms with Gasteiger partial charge in [0.2, 0.25) is 10.0 Å². The number of aliphatic hydroxyl groups is 1. The highest BCUT2D eigenvalue weighted by molar-refractivity contribution is 7.88. The number of carbonyl (C=O) groups is 1. The molecule has 0 heterocycles. The number of hydrogen-bond acceptors (Lipinski definition) is 4. The van der Waals surface area contributed by atoms with E-state index < -0.39 is 15.6 Å². The molecule has 0 spiro atoms. The Morgan fingerprint density at radius 3 is 2.28 bits per heavy atom. The van der Waals surface area contributed by atoms with Crippen LogP contribution in [0.5, 0.6) is 0 Å². The lowest BCUT2D eigenvalue weighted by Crippen LogP contribution is -2.56. The van der Waals surface area contributed by atoms with E-state index in [1.807, 2.05) is 6.08 Å². The zero-order valence-corrected chi connectivity index (χ0v) is 24.1. The lowest BCUT2D eigenvalue weighted by Gasteiger charge is -2.61. The van der Waals surface area contributed by atoms with Gasteiger partial charge in [0.15, 0.2) is 5.78 Å². The highest BCUT2D eigenvalue weighted by Crippen LogP contribution is 2.69. The zero-order valence-electron chi connectivity index (χ0n) is 23.3. The molecule has 0 aromatic carbocycles. The van der Waals surface area contributed by atoms with E-state index in [9.17, 15) is 18.3 Å². The van der Waals surface area contributed by atoms with Gasteiger partial charge in [0.1, 0.15) is 0 Å². The van der Waals surface area contributed by atoms with Gasteiger partial charge in [-0.2, -0.15) is 0 Å². The number of hydrogen-bond donors (Lipinski definition) is 2. The summed E-state index contributed by atoms with van der Waals surface area (Å²) in [6.07, 6.45) is 19.8. The standard InChI is InChI=1S/C30H51NO4S/c1-28-16-13-24(32)21-23(28)20-22(12-10-8-6-5-7-9-11-19-31-36(4,34)35)27-25(28)14-17-29(2)26(27)15-18-30(29,3)33/h21-22,25-27,31,33H,5-20H2,1-4H3/t22-,25+,26+,27-,28+,29+,30+/m1/s1. The van der Waals surface area contributed by atoms with Crippen molar-refractivity contribution in [1.29, 1.82) is 0 Å². The summed E-state index contributed by atoms with van der Waals surface area (Å²) in [5, 5.41) is 11.4. The summed E-state index contributed by atoms with van der Waals surface area (Å²) in [4.78, 5) is 12.4. The fourth-order valence-electron chi connectivity index (χ4n) is 8.92. The smallest absolute Gasteiger partial charge is 0.208 e. The van der Waals surface area contributed by atoms with Crippen LogP contribution in [0, 0.1) is 34.5 Å². The first-order valence-electron chi connectivity index (χ1n) is 14.8. The zero-order chi connectivity index (χ0) is 26.2. The van der Waals surface area contributed by atoms with Crippen LogP contribution in [0.1, 0.15) is 117 Å². The van der Waals surface area contributed by atoms with Crippen LogP contribution < -0.4 is 4.72 Å². The van der Waals surface area contributed by atoms with Gasteiger partial charge in [0, 0.05) is 13.0 Å². The van der Waals surface area contributed by atoms with Crippen molar-refractivity contribution in [3.05, 3.63) is 11.6 Å². The average molecular weight is 522 g/mol. The Balaban J connectivity index is 1.34. The van der Waals surface area contributed by atoms with E-state index in [4.69, 9.17) is 0 Å². The molecule has 4 rings (SSSR count). The fraction of sp³-hybridized carbons (Fsp3) is 0.900. The Morgan fingerprint density at radius 1 is 0.944 bits per heavy atom. The number of unbranched alkanes of at least 4 members (excludes halogenated alkanes) is 6. The maximum absolute atomic E-state index is 12.4. The molecule has 3 saturated carbocycles. The molecule has 0 aromatic heterocycles. The Kier molecular flexibility index (Phi) is 8.49. The SMILES string of the molecule is C[C@]12CCC(=O)C=C1C[C@@H](CCCCCCCCCNS(C)(=O)=O)[C@@H]1[C@@H]2CC[C@@]2(C)[C@H]1CC[C@]2(C)O. The number of allylic oxidation sites excluding steroid dienone is 1. The van der Waals surface area contributed by atoms with Crippen molar-refractivity contribution in [3.8, 4) is 0 Å². The van der Waals surface area contributed by atoms with Crippen LogP contribution in [0.4, 0.5) is 0 Å². The van der Waals surface area contributed by atoms with Crippen molar-refractivity contribution in [3.63, 3.8) is 0 Å². The van der Waals surface area contributed by atoms with Crippen molar-refractivity contribution in [2.45, 2.75) is 123 Å². The molecule has 3 fully saturated rings. The Bertz CT molecular complexity index is 941. The van der Waals surface area contributed by atoms with Crippen molar-refractivity contribution in [1.82, 2.24) is 4.72 Å². The Labute approximate surface area is 220 Å². The second kappa shape index (κ2) is 10.8. The third kappa shape index (κ3) is 5.66. The van der Waals surface area contributed by atoms with Crippen LogP contribution in [0.3, 0.4) is 0 Å². The van der Waals surface area contributed by atoms with Crippen LogP contribution in [0.2, 0.25) is 0 Å². The third-order valence-electron chi connectivity index (χ3n) is 11.3. The van der Waals surface area contributed by atoms with Crippen LogP contribution in [0.15, 0.2) is 11.6 Å². The molecule has 0 amide bonds. The predicted octanol–water partition coefficient (Wildman–Crippen LogP) is 6.17. The summed E-state index contributed by atoms with van der Waals surface area (Å²) in [7, 11) is -3.07. The molecule has 5 nitrogen and oxygen atoms in total. The summed E-state index contributed by atoms with van der Waals surface area (Å²) in [5.74, 6) is 2.91. The number of sulfonamides is 1. The molecule has 0 unspecified atom stereocenters. The van der Waals surface area contributed by atoms with Gasteiger partial charge in [-0.15, -0.1) is 0 Å². The topological polar surface area (TPSA) is 83.5 Å². The first-order valence-corrected chi connectivity index (χ1v) is 16.7. The monoisotopic (exact) mass is 521 g/mol. The second-order valence-electron chi connectivity index (χ2n) is 13.5. The van der Waals surface area contributed by atoms with Gasteiger partial charge < -0.3 is 5.11 Å². The summed E-state index contributed by atoms with van der Waals surface area (Å²) in [5.41, 5.74) is 1.10. The fourth-order valence-corrected chi connectivity index (χ4v) is 9.43. The third-order valence-corrected chi connectivity index (χ3v) is 12.0. The van der Waals surface area contributed by atoms with Gasteiger partial charge in [-0.1, -0.05) is 57.9 Å². The van der Waals surface area contributed by atoms with Crippen molar-refractivity contribution in [2.24, 2.45) is 34.5 Å². The molecule has 0 aromatic rings. The van der Waals surface area contributed by atoms with E-state index >= 15 is 0 Å². The minimum atomic E-state index is -3.07. The van der Waals surface area contributed by atoms with Crippen LogP contribution in [-0.4, -0.2) is 37.7 Å². The van der Waals surface area contributed by atoms with Crippen molar-refractivity contribution < 1.29 is 18.3 Å². The van der Waals surface area contributed by atoms with Gasteiger partial charge in [0.25, 0.3) is 0 Å². The van der Waals surface area contributed by atoms with Crippen LogP contribution in [-0.2, 0) is 14.8 Å². The lowest BCUT2D eigenvalue weighted by atomic mass is 9.44. The maximum Gasteiger partial charge on any atom is 0.208 e. The number of nitrogens with one attached hydrogen (secondary N) is 1. The quantitative estimate of drug-likeness (QED) is 0.319.